The predicted octanol–water partition coefficient (Wildman–Crippen LogP) is 4.26. The van der Waals surface area contributed by atoms with E-state index in [0.717, 1.165) is 64.2 Å². The van der Waals surface area contributed by atoms with Crippen molar-refractivity contribution in [1.82, 2.24) is 10.2 Å². The van der Waals surface area contributed by atoms with E-state index in [1.165, 1.54) is 23.1 Å². The molecule has 30 heavy (non-hydrogen) atoms. The highest BCUT2D eigenvalue weighted by Gasteiger charge is 2.39. The third-order valence-electron chi connectivity index (χ3n) is 6.83. The van der Waals surface area contributed by atoms with Crippen molar-refractivity contribution in [2.45, 2.75) is 57.2 Å². The van der Waals surface area contributed by atoms with Crippen LogP contribution in [0.25, 0.3) is 0 Å². The van der Waals surface area contributed by atoms with Crippen LogP contribution >= 0.6 is 0 Å². The van der Waals surface area contributed by atoms with Crippen LogP contribution in [0.4, 0.5) is 0 Å². The summed E-state index contributed by atoms with van der Waals surface area (Å²) in [4.78, 5) is 2.51. The van der Waals surface area contributed by atoms with Gasteiger partial charge in [0.25, 0.3) is 0 Å². The van der Waals surface area contributed by atoms with E-state index in [-0.39, 0.29) is 5.92 Å². The van der Waals surface area contributed by atoms with Crippen LogP contribution in [0.2, 0.25) is 0 Å². The molecule has 1 heterocycles. The molecule has 0 aromatic heterocycles. The zero-order chi connectivity index (χ0) is 20.8. The first kappa shape index (κ1) is 21.4. The zero-order valence-corrected chi connectivity index (χ0v) is 18.3. The molecule has 2 aromatic rings. The van der Waals surface area contributed by atoms with Crippen LogP contribution in [-0.4, -0.2) is 48.3 Å². The van der Waals surface area contributed by atoms with Gasteiger partial charge in [-0.15, -0.1) is 0 Å². The Morgan fingerprint density at radius 1 is 0.967 bits per heavy atom. The minimum absolute atomic E-state index is 0.155. The van der Waals surface area contributed by atoms with Gasteiger partial charge in [-0.25, -0.2) is 0 Å². The summed E-state index contributed by atoms with van der Waals surface area (Å²) in [5.74, 6) is 1.04. The van der Waals surface area contributed by atoms with Gasteiger partial charge in [-0.2, -0.15) is 0 Å². The molecule has 0 bridgehead atoms. The number of ether oxygens (including phenoxy) is 1. The lowest BCUT2D eigenvalue weighted by molar-refractivity contribution is -0.0316. The maximum atomic E-state index is 11.6. The molecule has 4 nitrogen and oxygen atoms in total. The molecule has 2 fully saturated rings. The largest absolute Gasteiger partial charge is 0.489 e. The van der Waals surface area contributed by atoms with E-state index >= 15 is 0 Å². The molecular weight excluding hydrogens is 372 g/mol. The fourth-order valence-corrected chi connectivity index (χ4v) is 4.90. The van der Waals surface area contributed by atoms with Crippen molar-refractivity contribution in [3.8, 4) is 5.75 Å². The quantitative estimate of drug-likeness (QED) is 0.719. The standard InChI is InChI=1S/C26H36N2O2/c1-21-5-7-22(8-6-21)20-30-24-11-9-23(10-12-24)25(19-28-17-15-27-16-18-28)26(29)13-3-2-4-14-26/h5-12,25,27,29H,2-4,13-20H2,1H3. The Labute approximate surface area is 181 Å². The van der Waals surface area contributed by atoms with Crippen molar-refractivity contribution in [1.29, 1.82) is 0 Å². The summed E-state index contributed by atoms with van der Waals surface area (Å²) in [7, 11) is 0. The van der Waals surface area contributed by atoms with Crippen LogP contribution < -0.4 is 10.1 Å². The number of piperazine rings is 1. The highest BCUT2D eigenvalue weighted by molar-refractivity contribution is 5.32. The summed E-state index contributed by atoms with van der Waals surface area (Å²) in [6.45, 7) is 7.80. The van der Waals surface area contributed by atoms with Gasteiger partial charge in [-0.05, 0) is 43.0 Å². The Morgan fingerprint density at radius 2 is 1.63 bits per heavy atom. The Bertz CT molecular complexity index is 776. The second kappa shape index (κ2) is 9.95. The van der Waals surface area contributed by atoms with Crippen LogP contribution in [0.5, 0.6) is 5.75 Å². The first-order valence-corrected chi connectivity index (χ1v) is 11.6. The van der Waals surface area contributed by atoms with Crippen LogP contribution in [0.3, 0.4) is 0 Å². The smallest absolute Gasteiger partial charge is 0.119 e. The maximum absolute atomic E-state index is 11.6. The van der Waals surface area contributed by atoms with E-state index < -0.39 is 5.60 Å². The first-order valence-electron chi connectivity index (χ1n) is 11.6. The highest BCUT2D eigenvalue weighted by Crippen LogP contribution is 2.41. The molecule has 0 amide bonds. The lowest BCUT2D eigenvalue weighted by Gasteiger charge is -2.42. The van der Waals surface area contributed by atoms with Crippen LogP contribution in [0, 0.1) is 6.92 Å². The monoisotopic (exact) mass is 408 g/mol. The van der Waals surface area contributed by atoms with Crippen molar-refractivity contribution < 1.29 is 9.84 Å². The lowest BCUT2D eigenvalue weighted by atomic mass is 9.72. The molecule has 0 radical (unpaired) electrons. The first-order chi connectivity index (χ1) is 14.6. The number of nitrogens with one attached hydrogen (secondary N) is 1. The highest BCUT2D eigenvalue weighted by atomic mass is 16.5. The second-order valence-corrected chi connectivity index (χ2v) is 9.11. The van der Waals surface area contributed by atoms with Gasteiger partial charge in [0.1, 0.15) is 12.4 Å². The minimum atomic E-state index is -0.590. The topological polar surface area (TPSA) is 44.7 Å². The Balaban J connectivity index is 1.46. The molecule has 4 rings (SSSR count). The van der Waals surface area contributed by atoms with Gasteiger partial charge in [-0.3, -0.25) is 0 Å². The predicted molar refractivity (Wildman–Crippen MR) is 122 cm³/mol. The molecule has 4 heteroatoms. The minimum Gasteiger partial charge on any atom is -0.489 e. The van der Waals surface area contributed by atoms with Crippen molar-refractivity contribution in [2.75, 3.05) is 32.7 Å². The number of hydrogen-bond acceptors (Lipinski definition) is 4. The average Bonchev–Trinajstić information content (AvgIpc) is 2.79. The molecule has 1 aliphatic heterocycles. The molecule has 2 aliphatic rings. The molecular formula is C26H36N2O2. The van der Waals surface area contributed by atoms with E-state index in [4.69, 9.17) is 4.74 Å². The molecule has 1 unspecified atom stereocenters. The number of nitrogens with zero attached hydrogens (tertiary/aromatic N) is 1. The molecule has 1 saturated heterocycles. The maximum Gasteiger partial charge on any atom is 0.119 e. The summed E-state index contributed by atoms with van der Waals surface area (Å²) in [6.07, 6.45) is 5.33. The number of rotatable bonds is 7. The molecule has 0 spiro atoms. The number of benzene rings is 2. The summed E-state index contributed by atoms with van der Waals surface area (Å²) in [6, 6.07) is 17.0. The van der Waals surface area contributed by atoms with Gasteiger partial charge in [0, 0.05) is 38.6 Å². The van der Waals surface area contributed by atoms with Gasteiger partial charge < -0.3 is 20.1 Å². The van der Waals surface area contributed by atoms with Crippen molar-refractivity contribution in [3.05, 3.63) is 65.2 Å². The molecule has 1 aliphatic carbocycles. The van der Waals surface area contributed by atoms with E-state index in [0.29, 0.717) is 6.61 Å². The van der Waals surface area contributed by atoms with E-state index in [2.05, 4.69) is 65.7 Å². The summed E-state index contributed by atoms with van der Waals surface area (Å²) in [5.41, 5.74) is 3.09. The van der Waals surface area contributed by atoms with Crippen LogP contribution in [-0.2, 0) is 6.61 Å². The Kier molecular flexibility index (Phi) is 7.08. The van der Waals surface area contributed by atoms with E-state index in [1.807, 2.05) is 0 Å². The number of hydrogen-bond donors (Lipinski definition) is 2. The molecule has 162 valence electrons. The SMILES string of the molecule is Cc1ccc(COc2ccc(C(CN3CCNCC3)C3(O)CCCCC3)cc2)cc1. The Morgan fingerprint density at radius 3 is 2.30 bits per heavy atom. The van der Waals surface area contributed by atoms with Crippen molar-refractivity contribution in [2.24, 2.45) is 0 Å². The molecule has 2 aromatic carbocycles. The average molecular weight is 409 g/mol. The second-order valence-electron chi connectivity index (χ2n) is 9.11. The zero-order valence-electron chi connectivity index (χ0n) is 18.3. The van der Waals surface area contributed by atoms with Gasteiger partial charge in [-0.1, -0.05) is 61.2 Å². The van der Waals surface area contributed by atoms with Gasteiger partial charge in [0.05, 0.1) is 5.60 Å². The van der Waals surface area contributed by atoms with Crippen LogP contribution in [0.15, 0.2) is 48.5 Å². The van der Waals surface area contributed by atoms with Gasteiger partial charge >= 0.3 is 0 Å². The van der Waals surface area contributed by atoms with E-state index in [9.17, 15) is 5.11 Å². The van der Waals surface area contributed by atoms with Crippen LogP contribution in [0.1, 0.15) is 54.7 Å². The number of aryl methyl sites for hydroxylation is 1. The Hall–Kier alpha value is -1.88. The van der Waals surface area contributed by atoms with Crippen molar-refractivity contribution in [3.63, 3.8) is 0 Å². The third-order valence-corrected chi connectivity index (χ3v) is 6.83. The summed E-state index contributed by atoms with van der Waals surface area (Å²) < 4.78 is 6.01. The fraction of sp³-hybridized carbons (Fsp3) is 0.538. The molecule has 2 N–H and O–H groups in total. The summed E-state index contributed by atoms with van der Waals surface area (Å²) >= 11 is 0. The van der Waals surface area contributed by atoms with Crippen molar-refractivity contribution >= 4 is 0 Å². The molecule has 1 saturated carbocycles. The number of aliphatic hydroxyl groups is 1. The molecule has 1 atom stereocenters. The fourth-order valence-electron chi connectivity index (χ4n) is 4.90. The third kappa shape index (κ3) is 5.42. The normalized spacial score (nSPS) is 20.6. The lowest BCUT2D eigenvalue weighted by Crippen LogP contribution is -2.49. The summed E-state index contributed by atoms with van der Waals surface area (Å²) in [5, 5.41) is 15.0. The van der Waals surface area contributed by atoms with Gasteiger partial charge in [0.2, 0.25) is 0 Å². The van der Waals surface area contributed by atoms with Gasteiger partial charge in [0.15, 0.2) is 0 Å². The van der Waals surface area contributed by atoms with E-state index in [1.54, 1.807) is 0 Å².